The van der Waals surface area contributed by atoms with E-state index in [9.17, 15) is 18.4 Å². The van der Waals surface area contributed by atoms with Gasteiger partial charge in [0, 0.05) is 49.8 Å². The summed E-state index contributed by atoms with van der Waals surface area (Å²) in [6, 6.07) is 3.68. The predicted molar refractivity (Wildman–Crippen MR) is 120 cm³/mol. The molecule has 33 heavy (non-hydrogen) atoms. The van der Waals surface area contributed by atoms with Crippen LogP contribution < -0.4 is 5.32 Å². The van der Waals surface area contributed by atoms with Crippen LogP contribution in [0.5, 0.6) is 0 Å². The fourth-order valence-corrected chi connectivity index (χ4v) is 4.21. The van der Waals surface area contributed by atoms with Gasteiger partial charge in [-0.2, -0.15) is 0 Å². The molecule has 176 valence electrons. The summed E-state index contributed by atoms with van der Waals surface area (Å²) in [6.07, 6.45) is 3.96. The van der Waals surface area contributed by atoms with Gasteiger partial charge in [-0.15, -0.1) is 0 Å². The Bertz CT molecular complexity index is 1090. The van der Waals surface area contributed by atoms with Crippen LogP contribution in [-0.4, -0.2) is 58.3 Å². The number of fused-ring (bicyclic) bond motifs is 1. The first kappa shape index (κ1) is 22.9. The van der Waals surface area contributed by atoms with Gasteiger partial charge in [-0.1, -0.05) is 6.92 Å². The summed E-state index contributed by atoms with van der Waals surface area (Å²) in [7, 11) is 0. The van der Waals surface area contributed by atoms with Crippen molar-refractivity contribution in [2.24, 2.45) is 10.9 Å². The largest absolute Gasteiger partial charge is 0.450 e. The molecule has 2 aromatic rings. The first-order valence-electron chi connectivity index (χ1n) is 11.0. The summed E-state index contributed by atoms with van der Waals surface area (Å²) in [6.45, 7) is 5.82. The van der Waals surface area contributed by atoms with Crippen molar-refractivity contribution in [1.82, 2.24) is 14.5 Å². The van der Waals surface area contributed by atoms with E-state index in [1.54, 1.807) is 32.3 Å². The number of likely N-dealkylation sites (tertiary alicyclic amines) is 1. The number of anilines is 1. The number of piperidine rings is 1. The van der Waals surface area contributed by atoms with Gasteiger partial charge in [0.1, 0.15) is 5.82 Å². The minimum atomic E-state index is -2.70. The average molecular weight is 459 g/mol. The molecule has 4 rings (SSSR count). The molecule has 2 atom stereocenters. The fourth-order valence-electron chi connectivity index (χ4n) is 4.21. The quantitative estimate of drug-likeness (QED) is 0.732. The van der Waals surface area contributed by atoms with Crippen LogP contribution in [-0.2, 0) is 9.53 Å². The number of halogens is 2. The zero-order chi connectivity index (χ0) is 23.8. The molecule has 1 fully saturated rings. The third kappa shape index (κ3) is 4.60. The highest BCUT2D eigenvalue weighted by Crippen LogP contribution is 2.39. The second kappa shape index (κ2) is 8.92. The van der Waals surface area contributed by atoms with Gasteiger partial charge < -0.3 is 9.64 Å². The van der Waals surface area contributed by atoms with Crippen LogP contribution in [0.15, 0.2) is 29.5 Å². The number of carbonyl (C=O) groups is 2. The van der Waals surface area contributed by atoms with Gasteiger partial charge in [0.05, 0.1) is 35.8 Å². The summed E-state index contributed by atoms with van der Waals surface area (Å²) < 4.78 is 33.7. The van der Waals surface area contributed by atoms with E-state index in [-0.39, 0.29) is 44.4 Å². The molecule has 2 unspecified atom stereocenters. The van der Waals surface area contributed by atoms with E-state index < -0.39 is 17.9 Å². The molecule has 0 aromatic carbocycles. The SMILES string of the molecule is CCOC(=O)Nc1cc(-n2ccc3c2N=CC(C(=O)N2CCC(F)(F)CC2)C3C)cnc1C. The van der Waals surface area contributed by atoms with Crippen LogP contribution >= 0.6 is 0 Å². The second-order valence-corrected chi connectivity index (χ2v) is 8.41. The van der Waals surface area contributed by atoms with Crippen molar-refractivity contribution in [2.45, 2.75) is 45.5 Å². The topological polar surface area (TPSA) is 88.8 Å². The molecule has 10 heteroatoms. The van der Waals surface area contributed by atoms with Crippen molar-refractivity contribution in [3.05, 3.63) is 35.8 Å². The first-order chi connectivity index (χ1) is 15.7. The molecule has 0 spiro atoms. The summed E-state index contributed by atoms with van der Waals surface area (Å²) in [5.41, 5.74) is 2.75. The van der Waals surface area contributed by atoms with Gasteiger partial charge >= 0.3 is 6.09 Å². The number of aliphatic imine (C=N–C) groups is 1. The Morgan fingerprint density at radius 3 is 2.73 bits per heavy atom. The highest BCUT2D eigenvalue weighted by molar-refractivity contribution is 5.96. The predicted octanol–water partition coefficient (Wildman–Crippen LogP) is 4.44. The Hall–Kier alpha value is -3.30. The molecule has 0 aliphatic carbocycles. The Kier molecular flexibility index (Phi) is 6.18. The minimum absolute atomic E-state index is 0.0576. The highest BCUT2D eigenvalue weighted by atomic mass is 19.3. The fraction of sp³-hybridized carbons (Fsp3) is 0.478. The number of aromatic nitrogens is 2. The summed E-state index contributed by atoms with van der Waals surface area (Å²) >= 11 is 0. The Balaban J connectivity index is 1.55. The van der Waals surface area contributed by atoms with Crippen LogP contribution in [0.1, 0.15) is 43.9 Å². The van der Waals surface area contributed by atoms with Gasteiger partial charge in [-0.25, -0.2) is 18.6 Å². The summed E-state index contributed by atoms with van der Waals surface area (Å²) in [4.78, 5) is 35.3. The normalized spacial score (nSPS) is 21.4. The third-order valence-corrected chi connectivity index (χ3v) is 6.23. The maximum atomic E-state index is 13.5. The average Bonchev–Trinajstić information content (AvgIpc) is 3.20. The van der Waals surface area contributed by atoms with E-state index >= 15 is 0 Å². The Morgan fingerprint density at radius 1 is 1.30 bits per heavy atom. The lowest BCUT2D eigenvalue weighted by Gasteiger charge is -2.35. The molecule has 4 heterocycles. The maximum Gasteiger partial charge on any atom is 0.411 e. The molecule has 2 aliphatic rings. The number of alkyl halides is 2. The number of nitrogens with one attached hydrogen (secondary N) is 1. The van der Waals surface area contributed by atoms with E-state index in [0.29, 0.717) is 22.9 Å². The maximum absolute atomic E-state index is 13.5. The van der Waals surface area contributed by atoms with E-state index in [1.165, 1.54) is 4.90 Å². The van der Waals surface area contributed by atoms with Gasteiger partial charge in [-0.05, 0) is 26.0 Å². The van der Waals surface area contributed by atoms with Crippen LogP contribution in [0.25, 0.3) is 5.69 Å². The van der Waals surface area contributed by atoms with Crippen LogP contribution in [0.3, 0.4) is 0 Å². The first-order valence-corrected chi connectivity index (χ1v) is 11.0. The smallest absolute Gasteiger partial charge is 0.411 e. The number of aryl methyl sites for hydroxylation is 1. The van der Waals surface area contributed by atoms with Gasteiger partial charge in [0.15, 0.2) is 0 Å². The molecule has 2 amide bonds. The summed E-state index contributed by atoms with van der Waals surface area (Å²) in [5, 5.41) is 2.69. The molecular formula is C23H27F2N5O3. The number of ether oxygens (including phenoxy) is 1. The van der Waals surface area contributed by atoms with Crippen molar-refractivity contribution in [1.29, 1.82) is 0 Å². The second-order valence-electron chi connectivity index (χ2n) is 8.41. The lowest BCUT2D eigenvalue weighted by atomic mass is 9.86. The summed E-state index contributed by atoms with van der Waals surface area (Å²) in [5.74, 6) is -2.86. The molecular weight excluding hydrogens is 432 g/mol. The molecule has 0 bridgehead atoms. The van der Waals surface area contributed by atoms with Crippen molar-refractivity contribution >= 4 is 29.7 Å². The molecule has 2 aliphatic heterocycles. The van der Waals surface area contributed by atoms with E-state index in [4.69, 9.17) is 4.74 Å². The Morgan fingerprint density at radius 2 is 2.03 bits per heavy atom. The van der Waals surface area contributed by atoms with Gasteiger partial charge in [-0.3, -0.25) is 19.7 Å². The molecule has 0 radical (unpaired) electrons. The van der Waals surface area contributed by atoms with Crippen LogP contribution in [0, 0.1) is 12.8 Å². The number of hydrogen-bond acceptors (Lipinski definition) is 5. The van der Waals surface area contributed by atoms with Crippen molar-refractivity contribution in [2.75, 3.05) is 25.0 Å². The number of amides is 2. The van der Waals surface area contributed by atoms with E-state index in [1.807, 2.05) is 23.8 Å². The van der Waals surface area contributed by atoms with Crippen LogP contribution in [0.4, 0.5) is 25.1 Å². The lowest BCUT2D eigenvalue weighted by molar-refractivity contribution is -0.139. The third-order valence-electron chi connectivity index (χ3n) is 6.23. The number of hydrogen-bond donors (Lipinski definition) is 1. The molecule has 2 aromatic heterocycles. The number of nitrogens with zero attached hydrogens (tertiary/aromatic N) is 4. The zero-order valence-corrected chi connectivity index (χ0v) is 18.8. The standard InChI is InChI=1S/C23H27F2N5O3/c1-4-33-22(32)28-19-11-16(12-26-15(19)3)30-8-5-17-14(2)18(13-27-20(17)30)21(31)29-9-6-23(24,25)7-10-29/h5,8,11-14,18H,4,6-7,9-10H2,1-3H3,(H,28,32). The monoisotopic (exact) mass is 459 g/mol. The van der Waals surface area contributed by atoms with Crippen LogP contribution in [0.2, 0.25) is 0 Å². The molecule has 8 nitrogen and oxygen atoms in total. The molecule has 1 saturated heterocycles. The van der Waals surface area contributed by atoms with Gasteiger partial charge in [0.25, 0.3) is 5.92 Å². The molecule has 0 saturated carbocycles. The van der Waals surface area contributed by atoms with Crippen molar-refractivity contribution in [3.8, 4) is 5.69 Å². The van der Waals surface area contributed by atoms with E-state index in [2.05, 4.69) is 15.3 Å². The minimum Gasteiger partial charge on any atom is -0.450 e. The number of pyridine rings is 1. The van der Waals surface area contributed by atoms with Crippen molar-refractivity contribution < 1.29 is 23.1 Å². The number of carbonyl (C=O) groups excluding carboxylic acids is 2. The molecule has 1 N–H and O–H groups in total. The van der Waals surface area contributed by atoms with E-state index in [0.717, 1.165) is 5.56 Å². The number of rotatable bonds is 4. The zero-order valence-electron chi connectivity index (χ0n) is 18.8. The lowest BCUT2D eigenvalue weighted by Crippen LogP contribution is -2.46. The Labute approximate surface area is 190 Å². The van der Waals surface area contributed by atoms with Gasteiger partial charge in [0.2, 0.25) is 5.91 Å². The van der Waals surface area contributed by atoms with Crippen molar-refractivity contribution in [3.63, 3.8) is 0 Å². The highest BCUT2D eigenvalue weighted by Gasteiger charge is 2.39.